The second-order valence-electron chi connectivity index (χ2n) is 4.21. The van der Waals surface area contributed by atoms with Crippen LogP contribution >= 0.6 is 11.8 Å². The van der Waals surface area contributed by atoms with Crippen LogP contribution in [0.4, 0.5) is 0 Å². The lowest BCUT2D eigenvalue weighted by atomic mass is 10.1. The molecular weight excluding hydrogens is 198 g/mol. The average Bonchev–Trinajstić information content (AvgIpc) is 2.41. The number of hydrogen-bond acceptors (Lipinski definition) is 3. The highest BCUT2D eigenvalue weighted by molar-refractivity contribution is 8.14. The van der Waals surface area contributed by atoms with E-state index in [0.717, 1.165) is 10.9 Å². The predicted octanol–water partition coefficient (Wildman–Crippen LogP) is 0.546. The Kier molecular flexibility index (Phi) is 3.42. The van der Waals surface area contributed by atoms with E-state index in [4.69, 9.17) is 0 Å². The second kappa shape index (κ2) is 4.21. The van der Waals surface area contributed by atoms with Gasteiger partial charge in [0.25, 0.3) is 0 Å². The van der Waals surface area contributed by atoms with Gasteiger partial charge in [-0.15, -0.1) is 0 Å². The van der Waals surface area contributed by atoms with Crippen molar-refractivity contribution in [2.45, 2.75) is 19.4 Å². The highest BCUT2D eigenvalue weighted by Crippen LogP contribution is 2.21. The molecule has 1 aliphatic rings. The largest absolute Gasteiger partial charge is 0.359 e. The molecule has 14 heavy (non-hydrogen) atoms. The quantitative estimate of drug-likeness (QED) is 0.731. The minimum absolute atomic E-state index is 0.0320. The van der Waals surface area contributed by atoms with Crippen molar-refractivity contribution in [2.24, 2.45) is 4.99 Å². The summed E-state index contributed by atoms with van der Waals surface area (Å²) in [5.41, 5.74) is 0.102. The molecule has 0 radical (unpaired) electrons. The summed E-state index contributed by atoms with van der Waals surface area (Å²) in [5, 5.41) is 4.15. The molecule has 0 spiro atoms. The Bertz CT molecular complexity index is 261. The third kappa shape index (κ3) is 3.21. The van der Waals surface area contributed by atoms with Crippen molar-refractivity contribution in [3.8, 4) is 0 Å². The third-order valence-electron chi connectivity index (χ3n) is 1.87. The van der Waals surface area contributed by atoms with E-state index in [1.165, 1.54) is 0 Å². The van der Waals surface area contributed by atoms with Crippen LogP contribution in [0.25, 0.3) is 0 Å². The van der Waals surface area contributed by atoms with Gasteiger partial charge in [0.1, 0.15) is 6.54 Å². The third-order valence-corrected chi connectivity index (χ3v) is 3.24. The van der Waals surface area contributed by atoms with Gasteiger partial charge in [0.15, 0.2) is 5.17 Å². The first kappa shape index (κ1) is 11.4. The van der Waals surface area contributed by atoms with Crippen LogP contribution in [0.1, 0.15) is 13.8 Å². The van der Waals surface area contributed by atoms with Gasteiger partial charge in [-0.3, -0.25) is 9.79 Å². The molecule has 0 aromatic heterocycles. The number of rotatable bonds is 2. The maximum absolute atomic E-state index is 11.2. The lowest BCUT2D eigenvalue weighted by Gasteiger charge is -2.15. The molecule has 1 aliphatic heterocycles. The number of nitrogens with one attached hydrogen (secondary N) is 1. The average molecular weight is 215 g/mol. The molecule has 1 N–H and O–H groups in total. The van der Waals surface area contributed by atoms with Crippen LogP contribution in [-0.2, 0) is 4.79 Å². The standard InChI is InChI=1S/C9H17N3OS/c1-9(2)6-14-8(11-9)10-5-7(13)12(3)4/h5-6H2,1-4H3,(H,10,11). The van der Waals surface area contributed by atoms with E-state index in [1.807, 2.05) is 0 Å². The maximum Gasteiger partial charge on any atom is 0.243 e. The van der Waals surface area contributed by atoms with Crippen molar-refractivity contribution in [3.05, 3.63) is 0 Å². The number of hydrogen-bond donors (Lipinski definition) is 1. The highest BCUT2D eigenvalue weighted by Gasteiger charge is 2.27. The van der Waals surface area contributed by atoms with Gasteiger partial charge in [0.2, 0.25) is 5.91 Å². The number of amidine groups is 1. The van der Waals surface area contributed by atoms with E-state index >= 15 is 0 Å². The first-order valence-electron chi connectivity index (χ1n) is 4.56. The van der Waals surface area contributed by atoms with Crippen molar-refractivity contribution in [1.29, 1.82) is 0 Å². The molecule has 0 bridgehead atoms. The number of aliphatic imine (C=N–C) groups is 1. The normalized spacial score (nSPS) is 22.1. The van der Waals surface area contributed by atoms with E-state index in [1.54, 1.807) is 30.8 Å². The zero-order valence-corrected chi connectivity index (χ0v) is 9.94. The Hall–Kier alpha value is -0.710. The number of thioether (sulfide) groups is 1. The van der Waals surface area contributed by atoms with E-state index < -0.39 is 0 Å². The van der Waals surface area contributed by atoms with Crippen molar-refractivity contribution in [2.75, 3.05) is 26.4 Å². The molecule has 0 aromatic carbocycles. The van der Waals surface area contributed by atoms with Gasteiger partial charge in [-0.2, -0.15) is 0 Å². The fraction of sp³-hybridized carbons (Fsp3) is 0.778. The van der Waals surface area contributed by atoms with E-state index in [2.05, 4.69) is 24.2 Å². The zero-order valence-electron chi connectivity index (χ0n) is 9.13. The summed E-state index contributed by atoms with van der Waals surface area (Å²) in [6.07, 6.45) is 0. The second-order valence-corrected chi connectivity index (χ2v) is 5.17. The Morgan fingerprint density at radius 2 is 2.29 bits per heavy atom. The molecule has 0 aromatic rings. The minimum Gasteiger partial charge on any atom is -0.359 e. The van der Waals surface area contributed by atoms with Crippen LogP contribution < -0.4 is 5.32 Å². The van der Waals surface area contributed by atoms with Gasteiger partial charge in [-0.1, -0.05) is 11.8 Å². The van der Waals surface area contributed by atoms with Crippen LogP contribution in [-0.4, -0.2) is 47.9 Å². The fourth-order valence-electron chi connectivity index (χ4n) is 0.976. The SMILES string of the molecule is CN(C)C(=O)CN=C1NC(C)(C)CS1. The van der Waals surface area contributed by atoms with Gasteiger partial charge in [0.05, 0.1) is 0 Å². The smallest absolute Gasteiger partial charge is 0.243 e. The number of nitrogens with zero attached hydrogens (tertiary/aromatic N) is 2. The summed E-state index contributed by atoms with van der Waals surface area (Å²) in [5.74, 6) is 1.03. The van der Waals surface area contributed by atoms with Crippen molar-refractivity contribution in [1.82, 2.24) is 10.2 Å². The molecular formula is C9H17N3OS. The van der Waals surface area contributed by atoms with Crippen LogP contribution in [0.2, 0.25) is 0 Å². The van der Waals surface area contributed by atoms with E-state index in [0.29, 0.717) is 0 Å². The summed E-state index contributed by atoms with van der Waals surface area (Å²) in [4.78, 5) is 17.0. The topological polar surface area (TPSA) is 44.7 Å². The van der Waals surface area contributed by atoms with Crippen molar-refractivity contribution >= 4 is 22.8 Å². The summed E-state index contributed by atoms with van der Waals surface area (Å²) in [6, 6.07) is 0. The van der Waals surface area contributed by atoms with E-state index in [-0.39, 0.29) is 18.0 Å². The molecule has 0 aliphatic carbocycles. The van der Waals surface area contributed by atoms with Gasteiger partial charge < -0.3 is 10.2 Å². The molecule has 5 heteroatoms. The Balaban J connectivity index is 2.44. The van der Waals surface area contributed by atoms with E-state index in [9.17, 15) is 4.79 Å². The summed E-state index contributed by atoms with van der Waals surface area (Å²) >= 11 is 1.67. The monoisotopic (exact) mass is 215 g/mol. The summed E-state index contributed by atoms with van der Waals surface area (Å²) in [7, 11) is 3.48. The molecule has 1 heterocycles. The van der Waals surface area contributed by atoms with Crippen LogP contribution in [0, 0.1) is 0 Å². The Morgan fingerprint density at radius 1 is 1.64 bits per heavy atom. The summed E-state index contributed by atoms with van der Waals surface area (Å²) in [6.45, 7) is 4.48. The molecule has 0 saturated carbocycles. The lowest BCUT2D eigenvalue weighted by Crippen LogP contribution is -2.37. The number of carbonyl (C=O) groups excluding carboxylic acids is 1. The molecule has 0 unspecified atom stereocenters. The van der Waals surface area contributed by atoms with Crippen molar-refractivity contribution < 1.29 is 4.79 Å². The lowest BCUT2D eigenvalue weighted by molar-refractivity contribution is -0.127. The Labute approximate surface area is 89.1 Å². The molecule has 0 atom stereocenters. The number of amides is 1. The van der Waals surface area contributed by atoms with Crippen LogP contribution in [0.3, 0.4) is 0 Å². The van der Waals surface area contributed by atoms with Gasteiger partial charge in [-0.25, -0.2) is 0 Å². The van der Waals surface area contributed by atoms with Crippen molar-refractivity contribution in [3.63, 3.8) is 0 Å². The number of likely N-dealkylation sites (N-methyl/N-ethyl adjacent to an activating group) is 1. The number of carbonyl (C=O) groups is 1. The zero-order chi connectivity index (χ0) is 10.8. The first-order valence-corrected chi connectivity index (χ1v) is 5.55. The molecule has 1 saturated heterocycles. The molecule has 1 rings (SSSR count). The molecule has 4 nitrogen and oxygen atoms in total. The van der Waals surface area contributed by atoms with Gasteiger partial charge in [-0.05, 0) is 13.8 Å². The summed E-state index contributed by atoms with van der Waals surface area (Å²) < 4.78 is 0. The van der Waals surface area contributed by atoms with Gasteiger partial charge >= 0.3 is 0 Å². The highest BCUT2D eigenvalue weighted by atomic mass is 32.2. The Morgan fingerprint density at radius 3 is 2.71 bits per heavy atom. The first-order chi connectivity index (χ1) is 6.41. The van der Waals surface area contributed by atoms with Crippen LogP contribution in [0.5, 0.6) is 0 Å². The molecule has 1 fully saturated rings. The predicted molar refractivity (Wildman–Crippen MR) is 60.7 cm³/mol. The molecule has 1 amide bonds. The maximum atomic E-state index is 11.2. The van der Waals surface area contributed by atoms with Crippen LogP contribution in [0.15, 0.2) is 4.99 Å². The minimum atomic E-state index is 0.0320. The fourth-order valence-corrected chi connectivity index (χ4v) is 2.05. The molecule has 80 valence electrons. The van der Waals surface area contributed by atoms with Gasteiger partial charge in [0, 0.05) is 25.4 Å².